The number of rotatable bonds is 6. The van der Waals surface area contributed by atoms with Crippen molar-refractivity contribution in [2.45, 2.75) is 6.92 Å². The predicted molar refractivity (Wildman–Crippen MR) is 102 cm³/mol. The van der Waals surface area contributed by atoms with Crippen molar-refractivity contribution in [2.75, 3.05) is 0 Å². The van der Waals surface area contributed by atoms with E-state index in [0.717, 1.165) is 17.1 Å². The summed E-state index contributed by atoms with van der Waals surface area (Å²) in [6, 6.07) is 16.5. The Morgan fingerprint density at radius 1 is 1.08 bits per heavy atom. The molecule has 0 spiro atoms. The Kier molecular flexibility index (Phi) is 6.02. The zero-order valence-electron chi connectivity index (χ0n) is 14.0. The van der Waals surface area contributed by atoms with Gasteiger partial charge in [-0.2, -0.15) is 0 Å². The Labute approximate surface area is 160 Å². The van der Waals surface area contributed by atoms with E-state index in [9.17, 15) is 0 Å². The second kappa shape index (κ2) is 8.63. The van der Waals surface area contributed by atoms with Gasteiger partial charge in [0.25, 0.3) is 0 Å². The zero-order valence-corrected chi connectivity index (χ0v) is 16.2. The molecule has 0 fully saturated rings. The van der Waals surface area contributed by atoms with Gasteiger partial charge in [0.15, 0.2) is 0 Å². The van der Waals surface area contributed by atoms with E-state index < -0.39 is 0 Å². The molecule has 123 valence electrons. The van der Waals surface area contributed by atoms with Crippen LogP contribution in [0, 0.1) is 13.0 Å². The fraction of sp³-hybridized carbons (Fsp3) is 0.0455. The molecule has 0 radical (unpaired) electrons. The summed E-state index contributed by atoms with van der Waals surface area (Å²) in [5.74, 6) is 0. The van der Waals surface area contributed by atoms with Gasteiger partial charge >= 0.3 is 161 Å². The quantitative estimate of drug-likeness (QED) is 0.359. The molecule has 3 rings (SSSR count). The summed E-state index contributed by atoms with van der Waals surface area (Å²) in [7, 11) is 0. The van der Waals surface area contributed by atoms with Crippen molar-refractivity contribution in [3.63, 3.8) is 0 Å². The van der Waals surface area contributed by atoms with E-state index in [1.807, 2.05) is 42.6 Å². The summed E-state index contributed by atoms with van der Waals surface area (Å²) in [5.41, 5.74) is 5.38. The minimum atomic E-state index is 0.909. The molecule has 0 amide bonds. The van der Waals surface area contributed by atoms with Crippen LogP contribution in [-0.2, 0) is 20.6 Å². The van der Waals surface area contributed by atoms with Crippen LogP contribution >= 0.6 is 0 Å². The molecule has 0 aliphatic heterocycles. The van der Waals surface area contributed by atoms with Crippen LogP contribution in [0.25, 0.3) is 23.5 Å². The number of aryl methyl sites for hydroxylation is 1. The van der Waals surface area contributed by atoms with Gasteiger partial charge < -0.3 is 0 Å². The minimum absolute atomic E-state index is 0.909. The third-order valence-corrected chi connectivity index (χ3v) is 4.37. The zero-order chi connectivity index (χ0) is 17.5. The Morgan fingerprint density at radius 3 is 2.68 bits per heavy atom. The summed E-state index contributed by atoms with van der Waals surface area (Å²) < 4.78 is 1.22. The standard InChI is InChI=1S/C22H18N2.Nb/c1-18-11-13-19(14-12-18)8-5-3-2-4-6-9-20-15-16-22(24-20)21-10-7-17-23-21;/h2,4-5,7-17,23H,1H3;/q-2;/b4-2-,8-5+;. The maximum absolute atomic E-state index is 4.55. The fourth-order valence-corrected chi connectivity index (χ4v) is 2.65. The van der Waals surface area contributed by atoms with Crippen LogP contribution in [0.3, 0.4) is 0 Å². The molecule has 2 nitrogen and oxygen atoms in total. The molecule has 25 heavy (non-hydrogen) atoms. The van der Waals surface area contributed by atoms with Crippen molar-refractivity contribution in [3.05, 3.63) is 95.9 Å². The predicted octanol–water partition coefficient (Wildman–Crippen LogP) is 4.75. The molecule has 0 aliphatic carbocycles. The van der Waals surface area contributed by atoms with E-state index in [-0.39, 0.29) is 0 Å². The Hall–Kier alpha value is -2.39. The molecule has 3 aromatic rings. The van der Waals surface area contributed by atoms with Gasteiger partial charge in [0, 0.05) is 0 Å². The van der Waals surface area contributed by atoms with Crippen LogP contribution in [0.5, 0.6) is 0 Å². The molecule has 1 N–H and O–H groups in total. The molecule has 0 bridgehead atoms. The number of hydrogen-bond acceptors (Lipinski definition) is 0. The van der Waals surface area contributed by atoms with Crippen molar-refractivity contribution in [2.24, 2.45) is 0 Å². The van der Waals surface area contributed by atoms with Crippen molar-refractivity contribution in [1.29, 1.82) is 0 Å². The van der Waals surface area contributed by atoms with E-state index in [4.69, 9.17) is 0 Å². The van der Waals surface area contributed by atoms with Crippen molar-refractivity contribution >= 4 is 15.9 Å². The molecule has 2 aromatic heterocycles. The van der Waals surface area contributed by atoms with Crippen LogP contribution in [0.1, 0.15) is 16.8 Å². The summed E-state index contributed by atoms with van der Waals surface area (Å²) in [6.07, 6.45) is 15.2. The molecule has 0 saturated carbocycles. The average Bonchev–Trinajstić information content (AvgIpc) is 3.29. The van der Waals surface area contributed by atoms with Gasteiger partial charge in [-0.3, -0.25) is 0 Å². The number of nitrogens with zero attached hydrogens (tertiary/aromatic N) is 1. The first kappa shape index (κ1) is 17.4. The monoisotopic (exact) mass is 403 g/mol. The second-order valence-corrected chi connectivity index (χ2v) is 6.92. The van der Waals surface area contributed by atoms with Gasteiger partial charge in [-0.15, -0.1) is 0 Å². The molecule has 0 saturated heterocycles. The number of aromatic nitrogens is 2. The molecule has 0 unspecified atom stereocenters. The van der Waals surface area contributed by atoms with Gasteiger partial charge in [0.2, 0.25) is 0 Å². The van der Waals surface area contributed by atoms with Crippen LogP contribution in [-0.4, -0.2) is 8.71 Å². The first-order valence-corrected chi connectivity index (χ1v) is 9.14. The molecule has 3 heteroatoms. The van der Waals surface area contributed by atoms with Crippen molar-refractivity contribution in [1.82, 2.24) is 9.97 Å². The first-order chi connectivity index (χ1) is 12.2. The number of H-pyrrole nitrogens is 1. The Morgan fingerprint density at radius 2 is 1.92 bits per heavy atom. The first-order valence-electron chi connectivity index (χ1n) is 8.05. The van der Waals surface area contributed by atoms with E-state index in [0.29, 0.717) is 0 Å². The number of benzene rings is 1. The third-order valence-electron chi connectivity index (χ3n) is 3.64. The van der Waals surface area contributed by atoms with Gasteiger partial charge in [-0.25, -0.2) is 0 Å². The van der Waals surface area contributed by atoms with Gasteiger partial charge in [0.05, 0.1) is 0 Å². The Bertz CT molecular complexity index is 907. The van der Waals surface area contributed by atoms with E-state index in [1.54, 1.807) is 20.6 Å². The van der Waals surface area contributed by atoms with Crippen LogP contribution in [0.2, 0.25) is 0 Å². The van der Waals surface area contributed by atoms with Gasteiger partial charge in [-0.05, 0) is 0 Å². The number of allylic oxidation sites excluding steroid dienone is 4. The van der Waals surface area contributed by atoms with Crippen molar-refractivity contribution < 1.29 is 20.6 Å². The topological polar surface area (TPSA) is 29.9 Å². The molecule has 0 atom stereocenters. The van der Waals surface area contributed by atoms with Gasteiger partial charge in [0.1, 0.15) is 0 Å². The maximum atomic E-state index is 4.55. The third kappa shape index (κ3) is 5.30. The molecule has 0 aliphatic rings. The van der Waals surface area contributed by atoms with Gasteiger partial charge in [-0.1, -0.05) is 0 Å². The van der Waals surface area contributed by atoms with Crippen LogP contribution in [0.4, 0.5) is 0 Å². The summed E-state index contributed by atoms with van der Waals surface area (Å²) in [6.45, 7) is 2.10. The average molecular weight is 403 g/mol. The molecular weight excluding hydrogens is 385 g/mol. The van der Waals surface area contributed by atoms with E-state index in [1.165, 1.54) is 14.9 Å². The number of hydrogen-bond donors (Lipinski definition) is 1. The van der Waals surface area contributed by atoms with Crippen LogP contribution < -0.4 is 4.98 Å². The second-order valence-electron chi connectivity index (χ2n) is 5.65. The summed E-state index contributed by atoms with van der Waals surface area (Å²) in [5, 5.41) is 0. The van der Waals surface area contributed by atoms with E-state index >= 15 is 0 Å². The van der Waals surface area contributed by atoms with Crippen LogP contribution in [0.15, 0.2) is 73.0 Å². The molecule has 1 aromatic carbocycles. The fourth-order valence-electron chi connectivity index (χ4n) is 2.28. The molecule has 2 heterocycles. The summed E-state index contributed by atoms with van der Waals surface area (Å²) in [4.78, 5) is 7.71. The Balaban J connectivity index is 1.54. The molecular formula is C22H18N2Nb-2. The SMILES string of the molecule is Cc1ccc(/C=C/[C](=[Nb])/C=C\[C-]=Cc2ccc(-c3ccc[nH]3)[n-]2)cc1. The van der Waals surface area contributed by atoms with Crippen molar-refractivity contribution in [3.8, 4) is 11.4 Å². The summed E-state index contributed by atoms with van der Waals surface area (Å²) >= 11 is 1.69. The normalized spacial score (nSPS) is 11.8. The van der Waals surface area contributed by atoms with E-state index in [2.05, 4.69) is 65.5 Å². The number of nitrogens with one attached hydrogen (secondary N) is 1. The number of aromatic amines is 1.